The molecule has 2 aliphatic rings. The van der Waals surface area contributed by atoms with Crippen molar-refractivity contribution in [3.63, 3.8) is 0 Å². The molecule has 1 aliphatic heterocycles. The first-order valence-electron chi connectivity index (χ1n) is 9.42. The minimum Gasteiger partial charge on any atom is -0.352 e. The first kappa shape index (κ1) is 17.6. The van der Waals surface area contributed by atoms with E-state index in [1.54, 1.807) is 18.7 Å². The van der Waals surface area contributed by atoms with Crippen LogP contribution in [0.4, 0.5) is 5.82 Å². The quantitative estimate of drug-likeness (QED) is 0.796. The molecule has 2 fully saturated rings. The first-order chi connectivity index (χ1) is 13.0. The highest BCUT2D eigenvalue weighted by molar-refractivity contribution is 5.76. The second kappa shape index (κ2) is 7.09. The number of carbonyl (C=O) groups excluding carboxylic acids is 1. The fourth-order valence-electron chi connectivity index (χ4n) is 3.32. The van der Waals surface area contributed by atoms with Gasteiger partial charge in [0.2, 0.25) is 5.91 Å². The summed E-state index contributed by atoms with van der Waals surface area (Å²) in [5.74, 6) is 1.40. The predicted octanol–water partition coefficient (Wildman–Crippen LogP) is 0.876. The van der Waals surface area contributed by atoms with E-state index in [2.05, 4.69) is 26.1 Å². The number of rotatable bonds is 4. The average molecular weight is 368 g/mol. The van der Waals surface area contributed by atoms with Crippen molar-refractivity contribution in [1.82, 2.24) is 24.6 Å². The topological polar surface area (TPSA) is 84.2 Å². The summed E-state index contributed by atoms with van der Waals surface area (Å²) in [6.45, 7) is 6.20. The lowest BCUT2D eigenvalue weighted by atomic mass is 10.2. The number of hydrogen-bond acceptors (Lipinski definition) is 6. The maximum Gasteiger partial charge on any atom is 0.256 e. The molecule has 0 unspecified atom stereocenters. The van der Waals surface area contributed by atoms with E-state index in [4.69, 9.17) is 0 Å². The molecule has 0 atom stereocenters. The monoisotopic (exact) mass is 368 g/mol. The van der Waals surface area contributed by atoms with Gasteiger partial charge in [-0.1, -0.05) is 0 Å². The number of carbonyl (C=O) groups is 1. The van der Waals surface area contributed by atoms with Gasteiger partial charge >= 0.3 is 0 Å². The van der Waals surface area contributed by atoms with E-state index < -0.39 is 0 Å². The Kier molecular flexibility index (Phi) is 4.63. The molecule has 8 nitrogen and oxygen atoms in total. The zero-order chi connectivity index (χ0) is 19.0. The Morgan fingerprint density at radius 2 is 1.85 bits per heavy atom. The zero-order valence-electron chi connectivity index (χ0n) is 15.8. The Morgan fingerprint density at radius 1 is 1.11 bits per heavy atom. The molecule has 1 aliphatic carbocycles. The van der Waals surface area contributed by atoms with Crippen LogP contribution >= 0.6 is 0 Å². The Bertz CT molecular complexity index is 895. The Hall–Kier alpha value is -2.77. The smallest absolute Gasteiger partial charge is 0.256 e. The lowest BCUT2D eigenvalue weighted by Gasteiger charge is -2.35. The van der Waals surface area contributed by atoms with Gasteiger partial charge in [-0.3, -0.25) is 14.2 Å². The maximum atomic E-state index is 12.6. The van der Waals surface area contributed by atoms with Crippen molar-refractivity contribution in [1.29, 1.82) is 0 Å². The van der Waals surface area contributed by atoms with Gasteiger partial charge < -0.3 is 9.80 Å². The van der Waals surface area contributed by atoms with Crippen LogP contribution in [0.25, 0.3) is 0 Å². The highest BCUT2D eigenvalue weighted by Gasteiger charge is 2.26. The fourth-order valence-corrected chi connectivity index (χ4v) is 3.32. The van der Waals surface area contributed by atoms with Gasteiger partial charge in [-0.05, 0) is 38.8 Å². The van der Waals surface area contributed by atoms with E-state index in [9.17, 15) is 9.59 Å². The molecule has 2 aromatic heterocycles. The van der Waals surface area contributed by atoms with E-state index in [-0.39, 0.29) is 18.0 Å². The molecule has 4 rings (SSSR count). The molecule has 0 spiro atoms. The molecule has 8 heteroatoms. The van der Waals surface area contributed by atoms with E-state index in [1.807, 2.05) is 6.07 Å². The van der Waals surface area contributed by atoms with Crippen LogP contribution in [-0.2, 0) is 11.3 Å². The first-order valence-corrected chi connectivity index (χ1v) is 9.42. The lowest BCUT2D eigenvalue weighted by Crippen LogP contribution is -2.50. The van der Waals surface area contributed by atoms with Gasteiger partial charge in [-0.25, -0.2) is 4.98 Å². The van der Waals surface area contributed by atoms with Gasteiger partial charge in [0.15, 0.2) is 5.82 Å². The lowest BCUT2D eigenvalue weighted by molar-refractivity contribution is -0.132. The van der Waals surface area contributed by atoms with E-state index >= 15 is 0 Å². The van der Waals surface area contributed by atoms with Crippen LogP contribution in [0.15, 0.2) is 23.3 Å². The SMILES string of the molecule is Cc1ncn(CC(=O)N2CCN(c3ccc(C4CC4)nn3)CC2)c(=O)c1C. The summed E-state index contributed by atoms with van der Waals surface area (Å²) < 4.78 is 1.39. The van der Waals surface area contributed by atoms with Crippen molar-refractivity contribution in [2.45, 2.75) is 39.2 Å². The molecule has 142 valence electrons. The van der Waals surface area contributed by atoms with Gasteiger partial charge in [0.25, 0.3) is 5.56 Å². The van der Waals surface area contributed by atoms with Crippen LogP contribution in [0.3, 0.4) is 0 Å². The zero-order valence-corrected chi connectivity index (χ0v) is 15.8. The fraction of sp³-hybridized carbons (Fsp3) is 0.526. The van der Waals surface area contributed by atoms with Gasteiger partial charge in [-0.15, -0.1) is 5.10 Å². The third kappa shape index (κ3) is 3.70. The summed E-state index contributed by atoms with van der Waals surface area (Å²) in [5, 5.41) is 8.68. The van der Waals surface area contributed by atoms with Gasteiger partial charge in [-0.2, -0.15) is 5.10 Å². The Labute approximate surface area is 157 Å². The second-order valence-electron chi connectivity index (χ2n) is 7.35. The van der Waals surface area contributed by atoms with E-state index in [0.29, 0.717) is 43.4 Å². The van der Waals surface area contributed by atoms with E-state index in [1.165, 1.54) is 23.7 Å². The molecule has 1 amide bonds. The van der Waals surface area contributed by atoms with Crippen LogP contribution in [-0.4, -0.2) is 56.7 Å². The molecule has 3 heterocycles. The molecule has 1 saturated heterocycles. The van der Waals surface area contributed by atoms with Crippen LogP contribution in [0.5, 0.6) is 0 Å². The minimum atomic E-state index is -0.152. The average Bonchev–Trinajstić information content (AvgIpc) is 3.54. The molecular formula is C19H24N6O2. The maximum absolute atomic E-state index is 12.6. The number of nitrogens with zero attached hydrogens (tertiary/aromatic N) is 6. The summed E-state index contributed by atoms with van der Waals surface area (Å²) in [6.07, 6.45) is 3.89. The van der Waals surface area contributed by atoms with Crippen LogP contribution < -0.4 is 10.5 Å². The normalized spacial score (nSPS) is 17.3. The van der Waals surface area contributed by atoms with Gasteiger partial charge in [0, 0.05) is 43.4 Å². The van der Waals surface area contributed by atoms with Crippen molar-refractivity contribution in [3.8, 4) is 0 Å². The summed E-state index contributed by atoms with van der Waals surface area (Å²) >= 11 is 0. The van der Waals surface area contributed by atoms with Crippen molar-refractivity contribution < 1.29 is 4.79 Å². The van der Waals surface area contributed by atoms with Crippen molar-refractivity contribution in [3.05, 3.63) is 45.8 Å². The third-order valence-electron chi connectivity index (χ3n) is 5.44. The predicted molar refractivity (Wildman–Crippen MR) is 101 cm³/mol. The van der Waals surface area contributed by atoms with Crippen LogP contribution in [0.2, 0.25) is 0 Å². The molecule has 0 bridgehead atoms. The highest BCUT2D eigenvalue weighted by atomic mass is 16.2. The van der Waals surface area contributed by atoms with E-state index in [0.717, 1.165) is 11.5 Å². The summed E-state index contributed by atoms with van der Waals surface area (Å²) in [4.78, 5) is 33.0. The highest BCUT2D eigenvalue weighted by Crippen LogP contribution is 2.38. The molecular weight excluding hydrogens is 344 g/mol. The Balaban J connectivity index is 1.35. The Morgan fingerprint density at radius 3 is 2.48 bits per heavy atom. The van der Waals surface area contributed by atoms with Gasteiger partial charge in [0.05, 0.1) is 12.0 Å². The van der Waals surface area contributed by atoms with Gasteiger partial charge in [0.1, 0.15) is 6.54 Å². The van der Waals surface area contributed by atoms with Crippen molar-refractivity contribution >= 4 is 11.7 Å². The largest absolute Gasteiger partial charge is 0.352 e. The third-order valence-corrected chi connectivity index (χ3v) is 5.44. The summed E-state index contributed by atoms with van der Waals surface area (Å²) in [5.41, 5.74) is 2.22. The molecule has 27 heavy (non-hydrogen) atoms. The standard InChI is InChI=1S/C19H24N6O2/c1-13-14(2)20-12-25(19(13)27)11-18(26)24-9-7-23(8-10-24)17-6-5-16(21-22-17)15-3-4-15/h5-6,12,15H,3-4,7-11H2,1-2H3. The van der Waals surface area contributed by atoms with Crippen molar-refractivity contribution in [2.24, 2.45) is 0 Å². The molecule has 0 aromatic carbocycles. The second-order valence-corrected chi connectivity index (χ2v) is 7.35. The molecule has 2 aromatic rings. The van der Waals surface area contributed by atoms with Crippen molar-refractivity contribution in [2.75, 3.05) is 31.1 Å². The number of hydrogen-bond donors (Lipinski definition) is 0. The van der Waals surface area contributed by atoms with Crippen LogP contribution in [0.1, 0.15) is 35.7 Å². The number of piperazine rings is 1. The summed E-state index contributed by atoms with van der Waals surface area (Å²) in [7, 11) is 0. The molecule has 0 radical (unpaired) electrons. The number of aromatic nitrogens is 4. The molecule has 0 N–H and O–H groups in total. The molecule has 1 saturated carbocycles. The number of anilines is 1. The number of amides is 1. The summed E-state index contributed by atoms with van der Waals surface area (Å²) in [6, 6.07) is 4.09. The minimum absolute atomic E-state index is 0.0306. The van der Waals surface area contributed by atoms with Crippen LogP contribution in [0, 0.1) is 13.8 Å². The number of aryl methyl sites for hydroxylation is 1.